The first-order valence-electron chi connectivity index (χ1n) is 23.7. The molecule has 3 N–H and O–H groups in total. The van der Waals surface area contributed by atoms with Gasteiger partial charge in [0.25, 0.3) is 5.91 Å². The summed E-state index contributed by atoms with van der Waals surface area (Å²) in [5, 5.41) is 16.7. The number of hydrazine groups is 1. The zero-order chi connectivity index (χ0) is 48.2. The minimum atomic E-state index is -1.16. The number of aliphatic imine (C=N–C) groups is 1. The molecule has 15 nitrogen and oxygen atoms in total. The first-order valence-corrected chi connectivity index (χ1v) is 23.7. The maximum absolute atomic E-state index is 14.7. The number of aromatic hydroxyl groups is 1. The zero-order valence-electron chi connectivity index (χ0n) is 39.9. The lowest BCUT2D eigenvalue weighted by Crippen LogP contribution is -2.62. The molecule has 15 heteroatoms. The molecule has 4 aliphatic rings. The Morgan fingerprint density at radius 2 is 1.85 bits per heavy atom. The van der Waals surface area contributed by atoms with Crippen LogP contribution >= 0.6 is 0 Å². The summed E-state index contributed by atoms with van der Waals surface area (Å²) < 4.78 is 14.5. The van der Waals surface area contributed by atoms with E-state index in [1.807, 2.05) is 26.0 Å². The minimum absolute atomic E-state index is 0.0108. The third-order valence-corrected chi connectivity index (χ3v) is 13.5. The number of likely N-dealkylation sites (N-methyl/N-ethyl adjacent to an activating group) is 1. The van der Waals surface area contributed by atoms with E-state index >= 15 is 0 Å². The van der Waals surface area contributed by atoms with Gasteiger partial charge in [-0.3, -0.25) is 34.0 Å². The molecule has 3 fully saturated rings. The van der Waals surface area contributed by atoms with Crippen LogP contribution in [-0.2, 0) is 52.8 Å². The Morgan fingerprint density at radius 3 is 2.55 bits per heavy atom. The summed E-state index contributed by atoms with van der Waals surface area (Å²) in [7, 11) is 1.58. The number of phenols is 1. The molecule has 4 amide bonds. The van der Waals surface area contributed by atoms with E-state index in [0.717, 1.165) is 46.3 Å². The van der Waals surface area contributed by atoms with Crippen molar-refractivity contribution in [3.8, 4) is 16.9 Å². The van der Waals surface area contributed by atoms with Crippen LogP contribution in [0.2, 0.25) is 0 Å². The lowest BCUT2D eigenvalue weighted by Gasteiger charge is -2.37. The fraction of sp³-hybridized carbons (Fsp3) is 0.500. The van der Waals surface area contributed by atoms with E-state index in [4.69, 9.17) is 14.5 Å². The summed E-state index contributed by atoms with van der Waals surface area (Å²) in [6.07, 6.45) is 10.3. The number of aryl methyl sites for hydroxylation is 1. The predicted molar refractivity (Wildman–Crippen MR) is 259 cm³/mol. The standard InChI is InChI=1S/C52H67N7O8/c1-9-19-53-41(45-15-13-22-66-45)28-44-39-29-52(6,7)31-67-51(65)40-14-12-20-59(55-40)50(64)42(25-33-23-36(26-37(60)24-33)34-16-17-43(38(39)27-34)58(44)11-3)54-48(62)47(32(4)5)56(8)49(63)35-18-21-57(30-35)46(61)10-2/h9-10,16-17,19,23-24,26-28,32,35,40,42,45,47,55,60H,1-2,11-15,18,20-22,25,29-31H2,3-8H3,(H,54,62)/b41-28+,53-19-/t35-,40-,42-,45-,47-/m0/s1. The Labute approximate surface area is 393 Å². The van der Waals surface area contributed by atoms with Crippen molar-refractivity contribution in [2.75, 3.05) is 39.9 Å². The second kappa shape index (κ2) is 20.8. The number of benzene rings is 2. The maximum Gasteiger partial charge on any atom is 0.324 e. The van der Waals surface area contributed by atoms with Crippen molar-refractivity contribution in [2.24, 2.45) is 22.2 Å². The van der Waals surface area contributed by atoms with Crippen molar-refractivity contribution >= 4 is 52.8 Å². The number of hydrogen-bond donors (Lipinski definition) is 3. The monoisotopic (exact) mass is 918 g/mol. The first-order chi connectivity index (χ1) is 32.0. The van der Waals surface area contributed by atoms with Gasteiger partial charge in [0.1, 0.15) is 23.9 Å². The number of nitrogens with zero attached hydrogens (tertiary/aromatic N) is 5. The molecule has 6 bridgehead atoms. The summed E-state index contributed by atoms with van der Waals surface area (Å²) in [6, 6.07) is 8.49. The Hall–Kier alpha value is -6.06. The Kier molecular flexibility index (Phi) is 15.2. The number of amides is 4. The Morgan fingerprint density at radius 1 is 1.06 bits per heavy atom. The highest BCUT2D eigenvalue weighted by molar-refractivity contribution is 5.95. The number of aromatic nitrogens is 1. The summed E-state index contributed by atoms with van der Waals surface area (Å²) in [5.41, 5.74) is 8.56. The normalized spacial score (nSPS) is 23.0. The summed E-state index contributed by atoms with van der Waals surface area (Å²) >= 11 is 0. The van der Waals surface area contributed by atoms with Gasteiger partial charge in [-0.25, -0.2) is 5.43 Å². The number of likely N-dealkylation sites (tertiary alicyclic amines) is 1. The van der Waals surface area contributed by atoms with Gasteiger partial charge in [0.05, 0.1) is 24.3 Å². The first kappa shape index (κ1) is 48.9. The fourth-order valence-electron chi connectivity index (χ4n) is 10.1. The molecule has 4 aliphatic heterocycles. The van der Waals surface area contributed by atoms with Crippen molar-refractivity contribution in [3.05, 3.63) is 84.2 Å². The number of carbonyl (C=O) groups is 5. The molecular formula is C52H67N7O8. The molecule has 0 unspecified atom stereocenters. The largest absolute Gasteiger partial charge is 0.508 e. The maximum atomic E-state index is 14.7. The molecule has 0 radical (unpaired) electrons. The second-order valence-corrected chi connectivity index (χ2v) is 19.5. The Balaban J connectivity index is 1.30. The van der Waals surface area contributed by atoms with Gasteiger partial charge in [-0.05, 0) is 110 Å². The van der Waals surface area contributed by atoms with Crippen LogP contribution in [0.25, 0.3) is 28.1 Å². The van der Waals surface area contributed by atoms with Crippen LogP contribution < -0.4 is 10.7 Å². The molecule has 67 heavy (non-hydrogen) atoms. The molecule has 5 heterocycles. The molecule has 2 aromatic carbocycles. The molecule has 358 valence electrons. The van der Waals surface area contributed by atoms with Crippen molar-refractivity contribution in [2.45, 2.75) is 110 Å². The number of allylic oxidation sites excluding steroid dienone is 1. The van der Waals surface area contributed by atoms with Crippen LogP contribution in [0.1, 0.15) is 83.5 Å². The zero-order valence-corrected chi connectivity index (χ0v) is 39.9. The van der Waals surface area contributed by atoms with E-state index in [9.17, 15) is 29.1 Å². The number of nitrogens with one attached hydrogen (secondary N) is 2. The highest BCUT2D eigenvalue weighted by Crippen LogP contribution is 2.38. The van der Waals surface area contributed by atoms with Crippen molar-refractivity contribution < 1.29 is 38.6 Å². The highest BCUT2D eigenvalue weighted by Gasteiger charge is 2.40. The summed E-state index contributed by atoms with van der Waals surface area (Å²) in [5.74, 6) is -2.86. The lowest BCUT2D eigenvalue weighted by molar-refractivity contribution is -0.155. The molecule has 0 aliphatic carbocycles. The number of esters is 1. The molecule has 0 saturated carbocycles. The van der Waals surface area contributed by atoms with Crippen LogP contribution in [-0.4, -0.2) is 124 Å². The SMILES string of the molecule is C=C/C=N\C(=C\c1c2c3cc(ccc3n1CC)-c1cc(O)cc(c1)C[C@H](NC(=O)[C@H](C(C)C)N(C)C(=O)[C@H]1CCN(C(=O)C=C)C1)C(=O)N1CCC[C@H](N1)C(=O)OCC(C)(C)C2)[C@@H]1CCCO1. The molecule has 5 atom stereocenters. The van der Waals surface area contributed by atoms with Crippen molar-refractivity contribution in [1.82, 2.24) is 30.1 Å². The van der Waals surface area contributed by atoms with E-state index < -0.39 is 47.2 Å². The van der Waals surface area contributed by atoms with E-state index in [1.165, 1.54) is 16.0 Å². The number of rotatable bonds is 11. The minimum Gasteiger partial charge on any atom is -0.508 e. The quantitative estimate of drug-likeness (QED) is 0.119. The highest BCUT2D eigenvalue weighted by atomic mass is 16.5. The second-order valence-electron chi connectivity index (χ2n) is 19.5. The lowest BCUT2D eigenvalue weighted by atomic mass is 9.85. The molecule has 3 saturated heterocycles. The van der Waals surface area contributed by atoms with Gasteiger partial charge >= 0.3 is 5.97 Å². The molecule has 3 aromatic rings. The number of cyclic esters (lactones) is 1. The number of fused-ring (bicyclic) bond motifs is 6. The summed E-state index contributed by atoms with van der Waals surface area (Å²) in [6.45, 7) is 19.7. The molecule has 7 rings (SSSR count). The third kappa shape index (κ3) is 10.9. The van der Waals surface area contributed by atoms with Crippen LogP contribution in [0.4, 0.5) is 0 Å². The average Bonchev–Trinajstić information content (AvgIpc) is 4.09. The Bertz CT molecular complexity index is 2460. The van der Waals surface area contributed by atoms with E-state index in [-0.39, 0.29) is 55.7 Å². The van der Waals surface area contributed by atoms with E-state index in [1.54, 1.807) is 36.4 Å². The number of phenolic OH excluding ortho intramolecular Hbond substituents is 1. The van der Waals surface area contributed by atoms with Crippen molar-refractivity contribution in [3.63, 3.8) is 0 Å². The van der Waals surface area contributed by atoms with Crippen LogP contribution in [0.15, 0.2) is 72.4 Å². The molecule has 0 spiro atoms. The topological polar surface area (TPSA) is 175 Å². The van der Waals surface area contributed by atoms with E-state index in [2.05, 4.69) is 67.4 Å². The number of hydrogen-bond acceptors (Lipinski definition) is 10. The number of carbonyl (C=O) groups excluding carboxylic acids is 5. The number of ether oxygens (including phenoxy) is 2. The van der Waals surface area contributed by atoms with Crippen molar-refractivity contribution in [1.29, 1.82) is 0 Å². The fourth-order valence-corrected chi connectivity index (χ4v) is 10.1. The third-order valence-electron chi connectivity index (χ3n) is 13.5. The van der Waals surface area contributed by atoms with E-state index in [0.29, 0.717) is 56.5 Å². The van der Waals surface area contributed by atoms with Gasteiger partial charge in [-0.1, -0.05) is 59.1 Å². The molecular weight excluding hydrogens is 851 g/mol. The van der Waals surface area contributed by atoms with Gasteiger partial charge < -0.3 is 34.3 Å². The van der Waals surface area contributed by atoms with Crippen LogP contribution in [0.3, 0.4) is 0 Å². The smallest absolute Gasteiger partial charge is 0.324 e. The summed E-state index contributed by atoms with van der Waals surface area (Å²) in [4.78, 5) is 77.2. The molecule has 1 aromatic heterocycles. The van der Waals surface area contributed by atoms with Gasteiger partial charge in [0.2, 0.25) is 17.7 Å². The van der Waals surface area contributed by atoms with Gasteiger partial charge in [0, 0.05) is 74.5 Å². The van der Waals surface area contributed by atoms with Crippen LogP contribution in [0.5, 0.6) is 5.75 Å². The van der Waals surface area contributed by atoms with Crippen LogP contribution in [0, 0.1) is 17.3 Å². The van der Waals surface area contributed by atoms with Gasteiger partial charge in [0.15, 0.2) is 0 Å². The average molecular weight is 918 g/mol. The van der Waals surface area contributed by atoms with Gasteiger partial charge in [-0.2, -0.15) is 0 Å². The predicted octanol–water partition coefficient (Wildman–Crippen LogP) is 5.98. The van der Waals surface area contributed by atoms with Gasteiger partial charge in [-0.15, -0.1) is 0 Å².